The topological polar surface area (TPSA) is 301 Å². The lowest BCUT2D eigenvalue weighted by Gasteiger charge is -2.43. The Bertz CT molecular complexity index is 2950. The number of likely N-dealkylation sites (tertiary alicyclic amines) is 3. The van der Waals surface area contributed by atoms with Gasteiger partial charge >= 0.3 is 17.9 Å². The summed E-state index contributed by atoms with van der Waals surface area (Å²) in [7, 11) is 0. The number of hydrogen-bond acceptors (Lipinski definition) is 21. The lowest BCUT2D eigenvalue weighted by molar-refractivity contribution is -0.141. The highest BCUT2D eigenvalue weighted by Crippen LogP contribution is 2.33. The molecule has 12 heterocycles. The molecule has 6 aromatic rings. The Morgan fingerprint density at radius 2 is 0.711 bits per heavy atom. The molecule has 0 aromatic carbocycles. The van der Waals surface area contributed by atoms with Gasteiger partial charge in [0.25, 0.3) is 0 Å². The van der Waals surface area contributed by atoms with Gasteiger partial charge in [-0.2, -0.15) is 0 Å². The third-order valence-electron chi connectivity index (χ3n) is 17.3. The van der Waals surface area contributed by atoms with Gasteiger partial charge in [0, 0.05) is 168 Å². The number of nitrogens with one attached hydrogen (secondary N) is 3. The minimum Gasteiger partial charge on any atom is -0.481 e. The van der Waals surface area contributed by atoms with Gasteiger partial charge in [0.05, 0.1) is 37.6 Å². The maximum Gasteiger partial charge on any atom is 0.305 e. The summed E-state index contributed by atoms with van der Waals surface area (Å²) < 4.78 is 18.0. The zero-order chi connectivity index (χ0) is 62.8. The van der Waals surface area contributed by atoms with Crippen molar-refractivity contribution in [3.63, 3.8) is 0 Å². The summed E-state index contributed by atoms with van der Waals surface area (Å²) in [4.78, 5) is 79.7. The Labute approximate surface area is 526 Å². The lowest BCUT2D eigenvalue weighted by atomic mass is 10.00. The van der Waals surface area contributed by atoms with E-state index >= 15 is 0 Å². The molecule has 0 saturated carbocycles. The number of carbonyl (C=O) groups is 3. The standard InChI is InChI=1S/3C22H29N5O3/c3*1-15-24-11-17(12-25-15)20(10-21(28)29)27-13-19(14-27)30-9-3-5-18-7-6-16-4-2-8-23-22(16)26-18/h3*6-7,11-12,19-20H,2-5,8-10,13-14H2,1H3,(H,23,26)(H,28,29)/t2*20-;/m10./s1. The second-order valence-corrected chi connectivity index (χ2v) is 24.2. The smallest absolute Gasteiger partial charge is 0.305 e. The minimum absolute atomic E-state index is 0.0389. The predicted molar refractivity (Wildman–Crippen MR) is 337 cm³/mol. The molecular formula is C66H87N15O9. The first-order valence-electron chi connectivity index (χ1n) is 32.0. The van der Waals surface area contributed by atoms with E-state index in [1.54, 1.807) is 37.2 Å². The normalized spacial score (nSPS) is 17.6. The van der Waals surface area contributed by atoms with Crippen molar-refractivity contribution < 1.29 is 43.9 Å². The van der Waals surface area contributed by atoms with Crippen molar-refractivity contribution in [3.8, 4) is 0 Å². The average molecular weight is 1230 g/mol. The predicted octanol–water partition coefficient (Wildman–Crippen LogP) is 7.16. The van der Waals surface area contributed by atoms with Gasteiger partial charge in [-0.15, -0.1) is 0 Å². The first-order valence-corrected chi connectivity index (χ1v) is 32.0. The van der Waals surface area contributed by atoms with Crippen LogP contribution in [-0.2, 0) is 67.1 Å². The highest BCUT2D eigenvalue weighted by Gasteiger charge is 2.38. The van der Waals surface area contributed by atoms with E-state index in [4.69, 9.17) is 29.2 Å². The summed E-state index contributed by atoms with van der Waals surface area (Å²) in [5.74, 6) is 2.70. The van der Waals surface area contributed by atoms with Crippen molar-refractivity contribution in [2.45, 2.75) is 154 Å². The van der Waals surface area contributed by atoms with E-state index in [-0.39, 0.29) is 55.7 Å². The van der Waals surface area contributed by atoms with Gasteiger partial charge in [-0.1, -0.05) is 18.2 Å². The molecule has 90 heavy (non-hydrogen) atoms. The molecular weight excluding hydrogens is 1150 g/mol. The van der Waals surface area contributed by atoms with Crippen LogP contribution < -0.4 is 16.0 Å². The number of hydrogen-bond donors (Lipinski definition) is 6. The quantitative estimate of drug-likeness (QED) is 0.0279. The Morgan fingerprint density at radius 1 is 0.444 bits per heavy atom. The molecule has 12 rings (SSSR count). The van der Waals surface area contributed by atoms with E-state index in [2.05, 4.69) is 97.0 Å². The number of aliphatic carboxylic acids is 3. The maximum absolute atomic E-state index is 11.3. The average Bonchev–Trinajstić information content (AvgIpc) is 1.11. The number of nitrogens with zero attached hydrogens (tertiary/aromatic N) is 12. The monoisotopic (exact) mass is 1230 g/mol. The highest BCUT2D eigenvalue weighted by molar-refractivity contribution is 5.69. The molecule has 0 aliphatic carbocycles. The summed E-state index contributed by atoms with van der Waals surface area (Å²) in [5.41, 5.74) is 9.76. The SMILES string of the molecule is Cc1ncc(C(CC(=O)O)N2CC(OCCCc3ccc4c(n3)NCCC4)C2)cn1.Cc1ncc([C@@H](CC(=O)O)N2CC(OCCCc3ccc4c(n3)NCCC4)C2)cn1.Cc1ncc([C@H](CC(=O)O)N2CC(OCCCc3ccc4c(n3)NCCC4)C2)cn1. The van der Waals surface area contributed by atoms with Crippen molar-refractivity contribution in [1.82, 2.24) is 59.6 Å². The summed E-state index contributed by atoms with van der Waals surface area (Å²) in [6, 6.07) is 12.3. The first kappa shape index (κ1) is 65.2. The molecule has 0 radical (unpaired) electrons. The Balaban J connectivity index is 0.000000148. The fraction of sp³-hybridized carbons (Fsp3) is 0.545. The van der Waals surface area contributed by atoms with Crippen molar-refractivity contribution >= 4 is 35.4 Å². The molecule has 3 saturated heterocycles. The third kappa shape index (κ3) is 18.9. The molecule has 6 aliphatic rings. The van der Waals surface area contributed by atoms with Gasteiger partial charge < -0.3 is 45.5 Å². The molecule has 6 N–H and O–H groups in total. The van der Waals surface area contributed by atoms with Crippen LogP contribution in [0.3, 0.4) is 0 Å². The molecule has 24 nitrogen and oxygen atoms in total. The number of carboxylic acid groups (broad SMARTS) is 3. The summed E-state index contributed by atoms with van der Waals surface area (Å²) in [6.45, 7) is 14.9. The van der Waals surface area contributed by atoms with E-state index < -0.39 is 17.9 Å². The van der Waals surface area contributed by atoms with Gasteiger partial charge in [0.2, 0.25) is 0 Å². The number of anilines is 3. The zero-order valence-electron chi connectivity index (χ0n) is 52.1. The van der Waals surface area contributed by atoms with Crippen LogP contribution in [0, 0.1) is 20.8 Å². The fourth-order valence-corrected chi connectivity index (χ4v) is 12.1. The number of pyridine rings is 3. The number of carboxylic acids is 3. The molecule has 3 fully saturated rings. The van der Waals surface area contributed by atoms with Crippen LogP contribution in [0.5, 0.6) is 0 Å². The van der Waals surface area contributed by atoms with Gasteiger partial charge in [-0.05, 0) is 133 Å². The van der Waals surface area contributed by atoms with Gasteiger partial charge in [0.1, 0.15) is 34.9 Å². The van der Waals surface area contributed by atoms with E-state index in [9.17, 15) is 29.7 Å². The van der Waals surface area contributed by atoms with E-state index in [0.29, 0.717) is 37.3 Å². The van der Waals surface area contributed by atoms with E-state index in [1.165, 1.54) is 36.0 Å². The summed E-state index contributed by atoms with van der Waals surface area (Å²) in [5, 5.41) is 38.0. The zero-order valence-corrected chi connectivity index (χ0v) is 52.1. The molecule has 6 aliphatic heterocycles. The highest BCUT2D eigenvalue weighted by atomic mass is 16.5. The van der Waals surface area contributed by atoms with Crippen molar-refractivity contribution in [2.24, 2.45) is 0 Å². The van der Waals surface area contributed by atoms with Crippen LogP contribution in [0.2, 0.25) is 0 Å². The number of ether oxygens (including phenoxy) is 3. The third-order valence-corrected chi connectivity index (χ3v) is 17.3. The van der Waals surface area contributed by atoms with E-state index in [1.807, 2.05) is 20.8 Å². The van der Waals surface area contributed by atoms with Crippen LogP contribution in [0.1, 0.15) is 144 Å². The van der Waals surface area contributed by atoms with Crippen molar-refractivity contribution in [2.75, 3.05) is 94.7 Å². The van der Waals surface area contributed by atoms with Crippen LogP contribution in [0.25, 0.3) is 0 Å². The van der Waals surface area contributed by atoms with Crippen molar-refractivity contribution in [3.05, 3.63) is 142 Å². The molecule has 6 aromatic heterocycles. The number of fused-ring (bicyclic) bond motifs is 3. The molecule has 3 atom stereocenters. The van der Waals surface area contributed by atoms with Crippen LogP contribution in [0.4, 0.5) is 17.5 Å². The van der Waals surface area contributed by atoms with Gasteiger partial charge in [-0.25, -0.2) is 44.9 Å². The lowest BCUT2D eigenvalue weighted by Crippen LogP contribution is -2.53. The maximum atomic E-state index is 11.3. The molecule has 0 spiro atoms. The Hall–Kier alpha value is -7.74. The van der Waals surface area contributed by atoms with Gasteiger partial charge in [-0.3, -0.25) is 29.1 Å². The molecule has 0 amide bonds. The number of aryl methyl sites for hydroxylation is 9. The molecule has 480 valence electrons. The second-order valence-electron chi connectivity index (χ2n) is 24.2. The largest absolute Gasteiger partial charge is 0.481 e. The van der Waals surface area contributed by atoms with Gasteiger partial charge in [0.15, 0.2) is 0 Å². The van der Waals surface area contributed by atoms with Crippen LogP contribution in [-0.4, -0.2) is 190 Å². The van der Waals surface area contributed by atoms with Crippen molar-refractivity contribution in [1.29, 1.82) is 0 Å². The van der Waals surface area contributed by atoms with Crippen LogP contribution >= 0.6 is 0 Å². The summed E-state index contributed by atoms with van der Waals surface area (Å²) >= 11 is 0. The van der Waals surface area contributed by atoms with Crippen LogP contribution in [0.15, 0.2) is 73.6 Å². The first-order chi connectivity index (χ1) is 43.7. The number of aromatic nitrogens is 9. The summed E-state index contributed by atoms with van der Waals surface area (Å²) in [6.07, 6.45) is 23.2. The Kier molecular flexibility index (Phi) is 23.4. The minimum atomic E-state index is -0.822. The molecule has 1 unspecified atom stereocenters. The molecule has 0 bridgehead atoms. The molecule has 24 heteroatoms. The number of rotatable bonds is 27. The second kappa shape index (κ2) is 32.3. The van der Waals surface area contributed by atoms with E-state index in [0.717, 1.165) is 168 Å². The Morgan fingerprint density at radius 3 is 0.967 bits per heavy atom. The fourth-order valence-electron chi connectivity index (χ4n) is 12.1.